The molecule has 0 atom stereocenters. The van der Waals surface area contributed by atoms with E-state index in [2.05, 4.69) is 26.8 Å². The van der Waals surface area contributed by atoms with Crippen molar-refractivity contribution in [2.45, 2.75) is 32.1 Å². The number of morpholine rings is 1. The van der Waals surface area contributed by atoms with Crippen LogP contribution in [0.25, 0.3) is 16.7 Å². The molecule has 1 N–H and O–H groups in total. The first kappa shape index (κ1) is 18.4. The summed E-state index contributed by atoms with van der Waals surface area (Å²) in [5.41, 5.74) is 6.10. The number of aromatic nitrogens is 2. The van der Waals surface area contributed by atoms with E-state index in [4.69, 9.17) is 9.72 Å². The Morgan fingerprint density at radius 2 is 1.90 bits per heavy atom. The Balaban J connectivity index is 1.51. The highest BCUT2D eigenvalue weighted by atomic mass is 16.5. The summed E-state index contributed by atoms with van der Waals surface area (Å²) in [5.74, 6) is 1.14. The van der Waals surface area contributed by atoms with Gasteiger partial charge in [-0.2, -0.15) is 5.26 Å². The summed E-state index contributed by atoms with van der Waals surface area (Å²) in [7, 11) is 0. The maximum atomic E-state index is 9.93. The van der Waals surface area contributed by atoms with Crippen LogP contribution < -0.4 is 5.32 Å². The number of para-hydroxylation sites is 2. The minimum atomic E-state index is 0.759. The highest BCUT2D eigenvalue weighted by Crippen LogP contribution is 2.35. The van der Waals surface area contributed by atoms with Crippen molar-refractivity contribution in [3.63, 3.8) is 0 Å². The molecule has 6 heteroatoms. The molecule has 29 heavy (non-hydrogen) atoms. The van der Waals surface area contributed by atoms with Crippen molar-refractivity contribution in [1.29, 1.82) is 5.26 Å². The van der Waals surface area contributed by atoms with E-state index in [1.54, 1.807) is 0 Å². The lowest BCUT2D eigenvalue weighted by Crippen LogP contribution is -2.37. The van der Waals surface area contributed by atoms with E-state index in [0.29, 0.717) is 0 Å². The Bertz CT molecular complexity index is 1070. The maximum absolute atomic E-state index is 9.93. The van der Waals surface area contributed by atoms with Crippen molar-refractivity contribution in [2.24, 2.45) is 0 Å². The van der Waals surface area contributed by atoms with Crippen molar-refractivity contribution >= 4 is 22.5 Å². The Labute approximate surface area is 171 Å². The van der Waals surface area contributed by atoms with Gasteiger partial charge >= 0.3 is 0 Å². The molecular formula is C23H27N5O. The number of anilines is 1. The van der Waals surface area contributed by atoms with E-state index in [-0.39, 0.29) is 0 Å². The molecule has 0 amide bonds. The van der Waals surface area contributed by atoms with Gasteiger partial charge < -0.3 is 10.1 Å². The summed E-state index contributed by atoms with van der Waals surface area (Å²) in [6.07, 6.45) is 5.41. The van der Waals surface area contributed by atoms with Crippen LogP contribution in [0.15, 0.2) is 24.3 Å². The predicted molar refractivity (Wildman–Crippen MR) is 114 cm³/mol. The van der Waals surface area contributed by atoms with Crippen LogP contribution >= 0.6 is 0 Å². The van der Waals surface area contributed by atoms with Crippen LogP contribution in [0.4, 0.5) is 5.82 Å². The van der Waals surface area contributed by atoms with E-state index in [0.717, 1.165) is 93.1 Å². The van der Waals surface area contributed by atoms with Gasteiger partial charge in [-0.3, -0.25) is 9.30 Å². The van der Waals surface area contributed by atoms with Gasteiger partial charge in [0, 0.05) is 19.6 Å². The van der Waals surface area contributed by atoms with Gasteiger partial charge in [-0.15, -0.1) is 0 Å². The van der Waals surface area contributed by atoms with Crippen molar-refractivity contribution in [1.82, 2.24) is 14.3 Å². The number of nitrogens with zero attached hydrogens (tertiary/aromatic N) is 4. The number of pyridine rings is 1. The third-order valence-electron chi connectivity index (χ3n) is 6.22. The average Bonchev–Trinajstić information content (AvgIpc) is 3.16. The molecule has 1 aliphatic heterocycles. The fourth-order valence-electron chi connectivity index (χ4n) is 4.77. The van der Waals surface area contributed by atoms with Crippen LogP contribution in [0, 0.1) is 11.3 Å². The number of nitriles is 1. The van der Waals surface area contributed by atoms with E-state index in [1.165, 1.54) is 17.5 Å². The summed E-state index contributed by atoms with van der Waals surface area (Å²) >= 11 is 0. The first-order chi connectivity index (χ1) is 14.4. The fourth-order valence-corrected chi connectivity index (χ4v) is 4.77. The van der Waals surface area contributed by atoms with Crippen LogP contribution in [0.5, 0.6) is 0 Å². The number of nitrogens with one attached hydrogen (secondary N) is 1. The largest absolute Gasteiger partial charge is 0.379 e. The maximum Gasteiger partial charge on any atom is 0.157 e. The third-order valence-corrected chi connectivity index (χ3v) is 6.22. The lowest BCUT2D eigenvalue weighted by molar-refractivity contribution is 0.0378. The molecule has 1 fully saturated rings. The van der Waals surface area contributed by atoms with E-state index in [1.807, 2.05) is 18.2 Å². The number of fused-ring (bicyclic) bond motifs is 4. The summed E-state index contributed by atoms with van der Waals surface area (Å²) < 4.78 is 7.63. The van der Waals surface area contributed by atoms with Gasteiger partial charge in [-0.1, -0.05) is 12.1 Å². The summed E-state index contributed by atoms with van der Waals surface area (Å²) in [4.78, 5) is 7.31. The first-order valence-corrected chi connectivity index (χ1v) is 10.8. The molecule has 3 aromatic rings. The van der Waals surface area contributed by atoms with Gasteiger partial charge in [-0.05, 0) is 61.9 Å². The normalized spacial score (nSPS) is 17.3. The quantitative estimate of drug-likeness (QED) is 0.678. The SMILES string of the molecule is N#Cc1c2c(c(NCCCN3CCOCC3)n3c1nc1ccccc13)CCCC2. The minimum Gasteiger partial charge on any atom is -0.379 e. The molecule has 1 aliphatic carbocycles. The number of ether oxygens (including phenoxy) is 1. The molecule has 2 aliphatic rings. The van der Waals surface area contributed by atoms with Gasteiger partial charge in [0.05, 0.1) is 29.8 Å². The zero-order valence-corrected chi connectivity index (χ0v) is 16.8. The van der Waals surface area contributed by atoms with Gasteiger partial charge in [0.1, 0.15) is 11.9 Å². The predicted octanol–water partition coefficient (Wildman–Crippen LogP) is 3.37. The highest BCUT2D eigenvalue weighted by Gasteiger charge is 2.24. The lowest BCUT2D eigenvalue weighted by atomic mass is 9.89. The third kappa shape index (κ3) is 3.35. The molecule has 150 valence electrons. The van der Waals surface area contributed by atoms with Crippen LogP contribution in [0.1, 0.15) is 36.0 Å². The molecular weight excluding hydrogens is 362 g/mol. The smallest absolute Gasteiger partial charge is 0.157 e. The first-order valence-electron chi connectivity index (χ1n) is 10.8. The van der Waals surface area contributed by atoms with Crippen molar-refractivity contribution in [2.75, 3.05) is 44.7 Å². The second-order valence-electron chi connectivity index (χ2n) is 7.99. The molecule has 0 radical (unpaired) electrons. The van der Waals surface area contributed by atoms with Crippen molar-refractivity contribution in [3.8, 4) is 6.07 Å². The Kier molecular flexibility index (Phi) is 5.09. The van der Waals surface area contributed by atoms with Crippen molar-refractivity contribution in [3.05, 3.63) is 41.0 Å². The van der Waals surface area contributed by atoms with Gasteiger partial charge in [0.15, 0.2) is 5.65 Å². The lowest BCUT2D eigenvalue weighted by Gasteiger charge is -2.27. The standard InChI is InChI=1S/C23H27N5O/c24-16-19-17-6-1-2-7-18(17)22(25-10-5-11-27-12-14-29-15-13-27)28-21-9-4-3-8-20(21)26-23(19)28/h3-4,8-9,25H,1-2,5-7,10-15H2. The summed E-state index contributed by atoms with van der Waals surface area (Å²) in [6.45, 7) is 5.75. The number of benzene rings is 1. The zero-order valence-electron chi connectivity index (χ0n) is 16.8. The van der Waals surface area contributed by atoms with Crippen LogP contribution in [0.3, 0.4) is 0 Å². The number of hydrogen-bond donors (Lipinski definition) is 1. The highest BCUT2D eigenvalue weighted by molar-refractivity contribution is 5.86. The van der Waals surface area contributed by atoms with E-state index < -0.39 is 0 Å². The number of hydrogen-bond acceptors (Lipinski definition) is 5. The van der Waals surface area contributed by atoms with Crippen LogP contribution in [-0.4, -0.2) is 53.7 Å². The molecule has 0 saturated carbocycles. The Morgan fingerprint density at radius 3 is 2.72 bits per heavy atom. The van der Waals surface area contributed by atoms with Crippen LogP contribution in [-0.2, 0) is 17.6 Å². The van der Waals surface area contributed by atoms with Crippen molar-refractivity contribution < 1.29 is 4.74 Å². The Morgan fingerprint density at radius 1 is 1.10 bits per heavy atom. The van der Waals surface area contributed by atoms with E-state index >= 15 is 0 Å². The molecule has 5 rings (SSSR count). The molecule has 0 spiro atoms. The average molecular weight is 390 g/mol. The second kappa shape index (κ2) is 8.02. The topological polar surface area (TPSA) is 65.6 Å². The molecule has 1 aromatic carbocycles. The van der Waals surface area contributed by atoms with Crippen LogP contribution in [0.2, 0.25) is 0 Å². The summed E-state index contributed by atoms with van der Waals surface area (Å²) in [5, 5.41) is 13.7. The zero-order chi connectivity index (χ0) is 19.6. The molecule has 0 bridgehead atoms. The Hall–Kier alpha value is -2.62. The molecule has 3 heterocycles. The number of rotatable bonds is 5. The second-order valence-corrected chi connectivity index (χ2v) is 7.99. The molecule has 1 saturated heterocycles. The minimum absolute atomic E-state index is 0.759. The molecule has 2 aromatic heterocycles. The van der Waals surface area contributed by atoms with Gasteiger partial charge in [-0.25, -0.2) is 4.98 Å². The molecule has 6 nitrogen and oxygen atoms in total. The van der Waals surface area contributed by atoms with E-state index in [9.17, 15) is 5.26 Å². The number of imidazole rings is 1. The molecule has 0 unspecified atom stereocenters. The summed E-state index contributed by atoms with van der Waals surface area (Å²) in [6, 6.07) is 10.7. The van der Waals surface area contributed by atoms with Gasteiger partial charge in [0.2, 0.25) is 0 Å². The fraction of sp³-hybridized carbons (Fsp3) is 0.478. The monoisotopic (exact) mass is 389 g/mol. The van der Waals surface area contributed by atoms with Gasteiger partial charge in [0.25, 0.3) is 0 Å².